The van der Waals surface area contributed by atoms with Crippen molar-refractivity contribution in [3.05, 3.63) is 35.9 Å². The molecule has 1 aliphatic rings. The lowest BCUT2D eigenvalue weighted by molar-refractivity contribution is -0.0312. The normalized spacial score (nSPS) is 15.8. The minimum absolute atomic E-state index is 0.343. The van der Waals surface area contributed by atoms with Gasteiger partial charge in [-0.25, -0.2) is 0 Å². The number of nitrogens with zero attached hydrogens (tertiary/aromatic N) is 1. The molecule has 4 heteroatoms. The Morgan fingerprint density at radius 1 is 1.24 bits per heavy atom. The number of nitrogens with two attached hydrogens (primary N) is 1. The van der Waals surface area contributed by atoms with Gasteiger partial charge in [0.1, 0.15) is 5.69 Å². The Morgan fingerprint density at radius 2 is 2.00 bits per heavy atom. The van der Waals surface area contributed by atoms with E-state index in [1.165, 1.54) is 5.56 Å². The van der Waals surface area contributed by atoms with Crippen LogP contribution < -0.4 is 5.73 Å². The van der Waals surface area contributed by atoms with Crippen molar-refractivity contribution < 1.29 is 9.26 Å². The van der Waals surface area contributed by atoms with Crippen LogP contribution >= 0.6 is 0 Å². The van der Waals surface area contributed by atoms with Gasteiger partial charge in [-0.1, -0.05) is 29.4 Å². The standard InChI is InChI=1S/C13H14N2O2/c14-13-6-12(15-17-13)11-3-1-9(2-4-11)5-10-7-16-8-10/h1-4,6,10H,5,7-8,14H2. The van der Waals surface area contributed by atoms with Gasteiger partial charge in [0.2, 0.25) is 5.88 Å². The van der Waals surface area contributed by atoms with Gasteiger partial charge in [-0.05, 0) is 12.0 Å². The zero-order valence-corrected chi connectivity index (χ0v) is 9.43. The van der Waals surface area contributed by atoms with Crippen LogP contribution in [0.4, 0.5) is 5.88 Å². The average Bonchev–Trinajstić information content (AvgIpc) is 2.71. The van der Waals surface area contributed by atoms with Crippen molar-refractivity contribution in [2.75, 3.05) is 18.9 Å². The van der Waals surface area contributed by atoms with Crippen molar-refractivity contribution in [1.29, 1.82) is 0 Å². The molecule has 17 heavy (non-hydrogen) atoms. The fraction of sp³-hybridized carbons (Fsp3) is 0.308. The van der Waals surface area contributed by atoms with Crippen molar-refractivity contribution in [2.24, 2.45) is 5.92 Å². The summed E-state index contributed by atoms with van der Waals surface area (Å²) in [5, 5.41) is 3.88. The molecule has 0 saturated carbocycles. The van der Waals surface area contributed by atoms with Crippen molar-refractivity contribution in [1.82, 2.24) is 5.16 Å². The van der Waals surface area contributed by atoms with Crippen LogP contribution in [0.15, 0.2) is 34.9 Å². The number of hydrogen-bond acceptors (Lipinski definition) is 4. The number of rotatable bonds is 3. The molecule has 0 unspecified atom stereocenters. The van der Waals surface area contributed by atoms with E-state index in [1.807, 2.05) is 12.1 Å². The molecule has 2 N–H and O–H groups in total. The van der Waals surface area contributed by atoms with Gasteiger partial charge in [-0.3, -0.25) is 0 Å². The summed E-state index contributed by atoms with van der Waals surface area (Å²) in [5.74, 6) is 1.03. The Morgan fingerprint density at radius 3 is 2.53 bits per heavy atom. The second kappa shape index (κ2) is 4.22. The topological polar surface area (TPSA) is 61.3 Å². The van der Waals surface area contributed by atoms with Crippen LogP contribution in [0.1, 0.15) is 5.56 Å². The van der Waals surface area contributed by atoms with Gasteiger partial charge in [-0.15, -0.1) is 0 Å². The zero-order valence-electron chi connectivity index (χ0n) is 9.43. The molecule has 1 saturated heterocycles. The highest BCUT2D eigenvalue weighted by atomic mass is 16.5. The number of aromatic nitrogens is 1. The second-order valence-electron chi connectivity index (χ2n) is 4.42. The third-order valence-electron chi connectivity index (χ3n) is 3.01. The summed E-state index contributed by atoms with van der Waals surface area (Å²) >= 11 is 0. The van der Waals surface area contributed by atoms with Gasteiger partial charge in [0, 0.05) is 17.5 Å². The first-order valence-corrected chi connectivity index (χ1v) is 5.70. The molecular formula is C13H14N2O2. The third kappa shape index (κ3) is 2.17. The van der Waals surface area contributed by atoms with Gasteiger partial charge in [-0.2, -0.15) is 0 Å². The first-order chi connectivity index (χ1) is 8.31. The van der Waals surface area contributed by atoms with Crippen molar-refractivity contribution in [3.63, 3.8) is 0 Å². The zero-order chi connectivity index (χ0) is 11.7. The summed E-state index contributed by atoms with van der Waals surface area (Å²) in [6.07, 6.45) is 1.08. The Labute approximate surface area is 99.4 Å². The summed E-state index contributed by atoms with van der Waals surface area (Å²) < 4.78 is 10.0. The lowest BCUT2D eigenvalue weighted by Crippen LogP contribution is -2.29. The highest BCUT2D eigenvalue weighted by Crippen LogP contribution is 2.22. The maximum absolute atomic E-state index is 5.49. The molecule has 2 aromatic rings. The van der Waals surface area contributed by atoms with Gasteiger partial charge in [0.25, 0.3) is 0 Å². The Bertz CT molecular complexity index is 500. The van der Waals surface area contributed by atoms with E-state index in [-0.39, 0.29) is 0 Å². The number of anilines is 1. The maximum Gasteiger partial charge on any atom is 0.222 e. The van der Waals surface area contributed by atoms with Gasteiger partial charge >= 0.3 is 0 Å². The predicted molar refractivity (Wildman–Crippen MR) is 64.4 cm³/mol. The molecule has 0 radical (unpaired) electrons. The number of ether oxygens (including phenoxy) is 1. The smallest absolute Gasteiger partial charge is 0.222 e. The maximum atomic E-state index is 5.49. The SMILES string of the molecule is Nc1cc(-c2ccc(CC3COC3)cc2)no1. The molecule has 4 nitrogen and oxygen atoms in total. The molecular weight excluding hydrogens is 216 g/mol. The van der Waals surface area contributed by atoms with Crippen LogP contribution in [0.2, 0.25) is 0 Å². The van der Waals surface area contributed by atoms with Crippen molar-refractivity contribution in [3.8, 4) is 11.3 Å². The van der Waals surface area contributed by atoms with Crippen LogP contribution in [-0.4, -0.2) is 18.4 Å². The molecule has 2 heterocycles. The Kier molecular flexibility index (Phi) is 2.57. The second-order valence-corrected chi connectivity index (χ2v) is 4.42. The molecule has 0 aliphatic carbocycles. The van der Waals surface area contributed by atoms with E-state index in [9.17, 15) is 0 Å². The fourth-order valence-electron chi connectivity index (χ4n) is 1.97. The van der Waals surface area contributed by atoms with Gasteiger partial charge < -0.3 is 15.0 Å². The lowest BCUT2D eigenvalue weighted by Gasteiger charge is -2.25. The monoisotopic (exact) mass is 230 g/mol. The van der Waals surface area contributed by atoms with E-state index < -0.39 is 0 Å². The lowest BCUT2D eigenvalue weighted by atomic mass is 9.97. The van der Waals surface area contributed by atoms with E-state index in [4.69, 9.17) is 15.0 Å². The van der Waals surface area contributed by atoms with Crippen LogP contribution in [0, 0.1) is 5.92 Å². The summed E-state index contributed by atoms with van der Waals surface area (Å²) in [4.78, 5) is 0. The molecule has 1 aromatic heterocycles. The number of benzene rings is 1. The molecule has 0 atom stereocenters. The molecule has 0 amide bonds. The quantitative estimate of drug-likeness (QED) is 0.877. The van der Waals surface area contributed by atoms with E-state index in [2.05, 4.69) is 17.3 Å². The molecule has 1 aromatic carbocycles. The highest BCUT2D eigenvalue weighted by Gasteiger charge is 2.18. The van der Waals surface area contributed by atoms with E-state index in [1.54, 1.807) is 6.07 Å². The number of hydrogen-bond donors (Lipinski definition) is 1. The fourth-order valence-corrected chi connectivity index (χ4v) is 1.97. The summed E-state index contributed by atoms with van der Waals surface area (Å²) in [7, 11) is 0. The van der Waals surface area contributed by atoms with E-state index in [0.29, 0.717) is 11.8 Å². The molecule has 88 valence electrons. The molecule has 1 fully saturated rings. The van der Waals surface area contributed by atoms with Crippen LogP contribution in [0.3, 0.4) is 0 Å². The molecule has 1 aliphatic heterocycles. The van der Waals surface area contributed by atoms with E-state index in [0.717, 1.165) is 30.9 Å². The van der Waals surface area contributed by atoms with E-state index >= 15 is 0 Å². The summed E-state index contributed by atoms with van der Waals surface area (Å²) in [6.45, 7) is 1.78. The van der Waals surface area contributed by atoms with Gasteiger partial charge in [0.15, 0.2) is 0 Å². The third-order valence-corrected chi connectivity index (χ3v) is 3.01. The Hall–Kier alpha value is -1.81. The first-order valence-electron chi connectivity index (χ1n) is 5.70. The first kappa shape index (κ1) is 10.4. The van der Waals surface area contributed by atoms with Gasteiger partial charge in [0.05, 0.1) is 13.2 Å². The van der Waals surface area contributed by atoms with Crippen molar-refractivity contribution >= 4 is 5.88 Å². The Balaban J connectivity index is 1.75. The molecule has 0 bridgehead atoms. The molecule has 0 spiro atoms. The minimum atomic E-state index is 0.343. The minimum Gasteiger partial charge on any atom is -0.381 e. The van der Waals surface area contributed by atoms with Crippen LogP contribution in [0.25, 0.3) is 11.3 Å². The number of nitrogen functional groups attached to an aromatic ring is 1. The summed E-state index contributed by atoms with van der Waals surface area (Å²) in [5.41, 5.74) is 8.63. The summed E-state index contributed by atoms with van der Waals surface area (Å²) in [6, 6.07) is 10.1. The molecule has 3 rings (SSSR count). The highest BCUT2D eigenvalue weighted by molar-refractivity contribution is 5.61. The predicted octanol–water partition coefficient (Wildman–Crippen LogP) is 2.11. The van der Waals surface area contributed by atoms with Crippen molar-refractivity contribution in [2.45, 2.75) is 6.42 Å². The van der Waals surface area contributed by atoms with Crippen LogP contribution in [-0.2, 0) is 11.2 Å². The average molecular weight is 230 g/mol. The largest absolute Gasteiger partial charge is 0.381 e. The van der Waals surface area contributed by atoms with Crippen LogP contribution in [0.5, 0.6) is 0 Å².